The molecule has 0 saturated heterocycles. The topological polar surface area (TPSA) is 46.5 Å². The van der Waals surface area contributed by atoms with E-state index < -0.39 is 0 Å². The van der Waals surface area contributed by atoms with Gasteiger partial charge in [-0.05, 0) is 30.7 Å². The lowest BCUT2D eigenvalue weighted by Crippen LogP contribution is -2.00. The highest BCUT2D eigenvalue weighted by Gasteiger charge is 2.02. The monoisotopic (exact) mass is 353 g/mol. The maximum absolute atomic E-state index is 5.90. The van der Waals surface area contributed by atoms with Crippen molar-refractivity contribution in [3.05, 3.63) is 54.1 Å². The highest BCUT2D eigenvalue weighted by atomic mass is 32.1. The van der Waals surface area contributed by atoms with Crippen molar-refractivity contribution in [3.8, 4) is 5.75 Å². The second-order valence-corrected chi connectivity index (χ2v) is 6.83. The van der Waals surface area contributed by atoms with Gasteiger partial charge < -0.3 is 4.74 Å². The smallest absolute Gasteiger partial charge is 0.204 e. The van der Waals surface area contributed by atoms with E-state index in [4.69, 9.17) is 4.74 Å². The number of rotatable bonds is 9. The number of anilines is 1. The summed E-state index contributed by atoms with van der Waals surface area (Å²) < 4.78 is 7.05. The van der Waals surface area contributed by atoms with Crippen molar-refractivity contribution in [2.45, 2.75) is 32.6 Å². The number of unbranched alkanes of at least 4 members (excludes halogenated alkanes) is 3. The third-order valence-electron chi connectivity index (χ3n) is 3.83. The van der Waals surface area contributed by atoms with Gasteiger partial charge in [0, 0.05) is 5.56 Å². The Hall–Kier alpha value is -2.40. The molecule has 1 N–H and O–H groups in total. The number of hydrazone groups is 1. The van der Waals surface area contributed by atoms with Gasteiger partial charge in [-0.15, -0.1) is 0 Å². The first-order chi connectivity index (χ1) is 12.4. The molecule has 5 heteroatoms. The van der Waals surface area contributed by atoms with Gasteiger partial charge in [0.25, 0.3) is 0 Å². The van der Waals surface area contributed by atoms with Crippen molar-refractivity contribution in [1.29, 1.82) is 0 Å². The molecule has 3 rings (SSSR count). The van der Waals surface area contributed by atoms with Gasteiger partial charge in [0.1, 0.15) is 5.75 Å². The van der Waals surface area contributed by atoms with E-state index in [1.54, 1.807) is 17.6 Å². The molecule has 0 amide bonds. The number of thiazole rings is 1. The van der Waals surface area contributed by atoms with Crippen molar-refractivity contribution in [1.82, 2.24) is 4.98 Å². The number of para-hydroxylation sites is 2. The molecule has 3 aromatic rings. The van der Waals surface area contributed by atoms with Crippen molar-refractivity contribution < 1.29 is 4.74 Å². The Morgan fingerprint density at radius 1 is 1.08 bits per heavy atom. The normalized spacial score (nSPS) is 11.2. The highest BCUT2D eigenvalue weighted by molar-refractivity contribution is 7.22. The number of ether oxygens (including phenoxy) is 1. The fourth-order valence-electron chi connectivity index (χ4n) is 2.51. The maximum Gasteiger partial charge on any atom is 0.204 e. The standard InChI is InChI=1S/C20H23N3OS/c1-2-3-4-9-14-24-18-12-7-5-10-16(18)15-21-23-20-22-17-11-6-8-13-19(17)25-20/h5-8,10-13,15H,2-4,9,14H2,1H3,(H,22,23). The van der Waals surface area contributed by atoms with Gasteiger partial charge in [0.15, 0.2) is 0 Å². The van der Waals surface area contributed by atoms with Gasteiger partial charge in [-0.3, -0.25) is 5.43 Å². The van der Waals surface area contributed by atoms with Crippen LogP contribution < -0.4 is 10.2 Å². The lowest BCUT2D eigenvalue weighted by Gasteiger charge is -2.08. The van der Waals surface area contributed by atoms with E-state index in [1.807, 2.05) is 42.5 Å². The summed E-state index contributed by atoms with van der Waals surface area (Å²) in [6.07, 6.45) is 6.59. The predicted octanol–water partition coefficient (Wildman–Crippen LogP) is 5.70. The van der Waals surface area contributed by atoms with Crippen molar-refractivity contribution in [3.63, 3.8) is 0 Å². The van der Waals surface area contributed by atoms with Crippen LogP contribution in [-0.4, -0.2) is 17.8 Å². The first-order valence-electron chi connectivity index (χ1n) is 8.73. The van der Waals surface area contributed by atoms with Crippen LogP contribution in [-0.2, 0) is 0 Å². The van der Waals surface area contributed by atoms with E-state index in [0.29, 0.717) is 0 Å². The quantitative estimate of drug-likeness (QED) is 0.305. The second-order valence-electron chi connectivity index (χ2n) is 5.80. The van der Waals surface area contributed by atoms with E-state index in [9.17, 15) is 0 Å². The summed E-state index contributed by atoms with van der Waals surface area (Å²) >= 11 is 1.59. The number of hydrogen-bond donors (Lipinski definition) is 1. The summed E-state index contributed by atoms with van der Waals surface area (Å²) in [5.41, 5.74) is 4.97. The van der Waals surface area contributed by atoms with Crippen molar-refractivity contribution in [2.75, 3.05) is 12.0 Å². The van der Waals surface area contributed by atoms with E-state index in [1.165, 1.54) is 19.3 Å². The zero-order chi connectivity index (χ0) is 17.3. The Morgan fingerprint density at radius 2 is 1.92 bits per heavy atom. The third kappa shape index (κ3) is 5.03. The van der Waals surface area contributed by atoms with Gasteiger partial charge in [-0.25, -0.2) is 4.98 Å². The SMILES string of the molecule is CCCCCCOc1ccccc1C=NNc1nc2ccccc2s1. The summed E-state index contributed by atoms with van der Waals surface area (Å²) in [7, 11) is 0. The van der Waals surface area contributed by atoms with Crippen LogP contribution >= 0.6 is 11.3 Å². The molecule has 0 aliphatic rings. The van der Waals surface area contributed by atoms with E-state index in [0.717, 1.165) is 39.7 Å². The average molecular weight is 353 g/mol. The van der Waals surface area contributed by atoms with Crippen LogP contribution in [0.5, 0.6) is 5.75 Å². The van der Waals surface area contributed by atoms with Crippen LogP contribution in [0.2, 0.25) is 0 Å². The number of nitrogens with one attached hydrogen (secondary N) is 1. The zero-order valence-electron chi connectivity index (χ0n) is 14.4. The second kappa shape index (κ2) is 9.18. The minimum Gasteiger partial charge on any atom is -0.493 e. The molecule has 0 spiro atoms. The fourth-order valence-corrected chi connectivity index (χ4v) is 3.32. The Balaban J connectivity index is 1.59. The van der Waals surface area contributed by atoms with Gasteiger partial charge in [-0.1, -0.05) is 61.8 Å². The molecule has 0 aliphatic heterocycles. The Bertz CT molecular complexity index is 795. The number of hydrogen-bond acceptors (Lipinski definition) is 5. The Morgan fingerprint density at radius 3 is 2.80 bits per heavy atom. The lowest BCUT2D eigenvalue weighted by molar-refractivity contribution is 0.304. The van der Waals surface area contributed by atoms with Crippen molar-refractivity contribution in [2.24, 2.45) is 5.10 Å². The Labute approximate surface area is 152 Å². The number of nitrogens with zero attached hydrogens (tertiary/aromatic N) is 2. The maximum atomic E-state index is 5.90. The fraction of sp³-hybridized carbons (Fsp3) is 0.300. The van der Waals surface area contributed by atoms with Gasteiger partial charge in [-0.2, -0.15) is 5.10 Å². The molecule has 0 fully saturated rings. The van der Waals surface area contributed by atoms with Crippen LogP contribution in [0.25, 0.3) is 10.2 Å². The molecule has 0 bridgehead atoms. The molecule has 1 heterocycles. The number of benzene rings is 2. The minimum atomic E-state index is 0.746. The van der Waals surface area contributed by atoms with Crippen LogP contribution in [0, 0.1) is 0 Å². The van der Waals surface area contributed by atoms with Gasteiger partial charge in [0.2, 0.25) is 5.13 Å². The van der Waals surface area contributed by atoms with Crippen LogP contribution in [0.1, 0.15) is 38.2 Å². The molecule has 130 valence electrons. The molecule has 0 unspecified atom stereocenters. The summed E-state index contributed by atoms with van der Waals surface area (Å²) in [6, 6.07) is 16.0. The first-order valence-corrected chi connectivity index (χ1v) is 9.55. The Kier molecular flexibility index (Phi) is 6.40. The van der Waals surface area contributed by atoms with E-state index in [2.05, 4.69) is 28.5 Å². The summed E-state index contributed by atoms with van der Waals surface area (Å²) in [5, 5.41) is 5.11. The van der Waals surface area contributed by atoms with Crippen LogP contribution in [0.15, 0.2) is 53.6 Å². The van der Waals surface area contributed by atoms with Gasteiger partial charge >= 0.3 is 0 Å². The molecule has 25 heavy (non-hydrogen) atoms. The largest absolute Gasteiger partial charge is 0.493 e. The summed E-state index contributed by atoms with van der Waals surface area (Å²) in [6.45, 7) is 2.96. The van der Waals surface area contributed by atoms with Gasteiger partial charge in [0.05, 0.1) is 23.0 Å². The number of fused-ring (bicyclic) bond motifs is 1. The molecule has 2 aromatic carbocycles. The summed E-state index contributed by atoms with van der Waals surface area (Å²) in [4.78, 5) is 4.51. The molecule has 1 aromatic heterocycles. The minimum absolute atomic E-state index is 0.746. The van der Waals surface area contributed by atoms with Crippen LogP contribution in [0.4, 0.5) is 5.13 Å². The average Bonchev–Trinajstić information content (AvgIpc) is 3.05. The zero-order valence-corrected chi connectivity index (χ0v) is 15.3. The molecule has 4 nitrogen and oxygen atoms in total. The van der Waals surface area contributed by atoms with Crippen molar-refractivity contribution >= 4 is 32.9 Å². The van der Waals surface area contributed by atoms with Crippen LogP contribution in [0.3, 0.4) is 0 Å². The van der Waals surface area contributed by atoms with E-state index in [-0.39, 0.29) is 0 Å². The third-order valence-corrected chi connectivity index (χ3v) is 4.77. The molecule has 0 aliphatic carbocycles. The predicted molar refractivity (Wildman–Crippen MR) is 107 cm³/mol. The number of aromatic nitrogens is 1. The highest BCUT2D eigenvalue weighted by Crippen LogP contribution is 2.25. The first kappa shape index (κ1) is 17.4. The lowest BCUT2D eigenvalue weighted by atomic mass is 10.2. The van der Waals surface area contributed by atoms with E-state index >= 15 is 0 Å². The summed E-state index contributed by atoms with van der Waals surface area (Å²) in [5.74, 6) is 0.869. The molecule has 0 saturated carbocycles. The molecular weight excluding hydrogens is 330 g/mol. The molecular formula is C20H23N3OS. The molecule has 0 atom stereocenters. The molecule has 0 radical (unpaired) electrons.